The van der Waals surface area contributed by atoms with E-state index in [4.69, 9.17) is 9.47 Å². The molecule has 0 radical (unpaired) electrons. The van der Waals surface area contributed by atoms with Crippen LogP contribution in [0, 0.1) is 0 Å². The molecule has 2 N–H and O–H groups in total. The van der Waals surface area contributed by atoms with Gasteiger partial charge in [-0.15, -0.1) is 11.3 Å². The lowest BCUT2D eigenvalue weighted by atomic mass is 10.1. The van der Waals surface area contributed by atoms with E-state index in [0.717, 1.165) is 21.8 Å². The summed E-state index contributed by atoms with van der Waals surface area (Å²) in [6, 6.07) is 8.59. The third kappa shape index (κ3) is 4.18. The van der Waals surface area contributed by atoms with E-state index >= 15 is 0 Å². The second-order valence-electron chi connectivity index (χ2n) is 5.78. The standard InChI is InChI=1S/C17H21N3O5S2/c1-24-13-5-3-4-12(16(13)25-2)14-6-7-15(26-14)27(22,23)19-9-11-20-10-8-18-17(20)21/h3-7,19H,8-11H2,1-2H3,(H,18,21). The number of sulfonamides is 1. The quantitative estimate of drug-likeness (QED) is 0.690. The van der Waals surface area contributed by atoms with Crippen molar-refractivity contribution in [2.45, 2.75) is 4.21 Å². The van der Waals surface area contributed by atoms with Crippen molar-refractivity contribution < 1.29 is 22.7 Å². The molecule has 0 saturated carbocycles. The maximum atomic E-state index is 12.5. The predicted molar refractivity (Wildman–Crippen MR) is 103 cm³/mol. The molecule has 0 spiro atoms. The molecule has 0 atom stereocenters. The minimum atomic E-state index is -3.65. The normalized spacial score (nSPS) is 14.3. The number of methoxy groups -OCH3 is 2. The molecule has 3 rings (SSSR count). The lowest BCUT2D eigenvalue weighted by Crippen LogP contribution is -2.36. The summed E-state index contributed by atoms with van der Waals surface area (Å²) >= 11 is 1.15. The second-order valence-corrected chi connectivity index (χ2v) is 8.85. The van der Waals surface area contributed by atoms with Crippen molar-refractivity contribution in [3.63, 3.8) is 0 Å². The van der Waals surface area contributed by atoms with Gasteiger partial charge in [-0.25, -0.2) is 17.9 Å². The van der Waals surface area contributed by atoms with Crippen molar-refractivity contribution in [2.75, 3.05) is 40.4 Å². The van der Waals surface area contributed by atoms with Crippen LogP contribution >= 0.6 is 11.3 Å². The summed E-state index contributed by atoms with van der Waals surface area (Å²) in [7, 11) is -0.557. The van der Waals surface area contributed by atoms with Gasteiger partial charge in [0.2, 0.25) is 10.0 Å². The largest absolute Gasteiger partial charge is 0.493 e. The number of nitrogens with one attached hydrogen (secondary N) is 2. The molecule has 1 aromatic heterocycles. The Kier molecular flexibility index (Phi) is 5.88. The molecule has 1 aliphatic heterocycles. The van der Waals surface area contributed by atoms with Crippen LogP contribution in [-0.2, 0) is 10.0 Å². The molecule has 0 unspecified atom stereocenters. The summed E-state index contributed by atoms with van der Waals surface area (Å²) in [5, 5.41) is 2.68. The average Bonchev–Trinajstić information content (AvgIpc) is 3.31. The molecule has 10 heteroatoms. The van der Waals surface area contributed by atoms with Crippen LogP contribution in [0.2, 0.25) is 0 Å². The number of thiophene rings is 1. The molecule has 146 valence electrons. The minimum absolute atomic E-state index is 0.158. The van der Waals surface area contributed by atoms with Crippen LogP contribution in [0.15, 0.2) is 34.5 Å². The molecular formula is C17H21N3O5S2. The number of amides is 2. The fraction of sp³-hybridized carbons (Fsp3) is 0.353. The number of carbonyl (C=O) groups is 1. The van der Waals surface area contributed by atoms with Crippen molar-refractivity contribution in [2.24, 2.45) is 0 Å². The highest BCUT2D eigenvalue weighted by molar-refractivity contribution is 7.91. The summed E-state index contributed by atoms with van der Waals surface area (Å²) in [6.07, 6.45) is 0. The van der Waals surface area contributed by atoms with Crippen LogP contribution in [0.25, 0.3) is 10.4 Å². The number of ether oxygens (including phenoxy) is 2. The van der Waals surface area contributed by atoms with Crippen LogP contribution in [-0.4, -0.2) is 59.7 Å². The molecule has 1 fully saturated rings. The first kappa shape index (κ1) is 19.5. The number of nitrogens with zero attached hydrogens (tertiary/aromatic N) is 1. The van der Waals surface area contributed by atoms with Crippen molar-refractivity contribution in [1.82, 2.24) is 14.9 Å². The van der Waals surface area contributed by atoms with Gasteiger partial charge in [-0.05, 0) is 24.3 Å². The van der Waals surface area contributed by atoms with Gasteiger partial charge in [0, 0.05) is 36.6 Å². The summed E-state index contributed by atoms with van der Waals surface area (Å²) in [6.45, 7) is 1.65. The first-order valence-corrected chi connectivity index (χ1v) is 10.6. The maximum absolute atomic E-state index is 12.5. The third-order valence-corrected chi connectivity index (χ3v) is 7.20. The Balaban J connectivity index is 1.74. The fourth-order valence-electron chi connectivity index (χ4n) is 2.80. The van der Waals surface area contributed by atoms with Crippen molar-refractivity contribution in [3.8, 4) is 21.9 Å². The molecule has 8 nitrogen and oxygen atoms in total. The summed E-state index contributed by atoms with van der Waals surface area (Å²) in [5.41, 5.74) is 0.761. The van der Waals surface area contributed by atoms with Gasteiger partial charge in [0.05, 0.1) is 14.2 Å². The first-order valence-electron chi connectivity index (χ1n) is 8.30. The van der Waals surface area contributed by atoms with Crippen LogP contribution in [0.1, 0.15) is 0 Å². The Morgan fingerprint density at radius 3 is 2.70 bits per heavy atom. The lowest BCUT2D eigenvalue weighted by molar-refractivity contribution is 0.218. The lowest BCUT2D eigenvalue weighted by Gasteiger charge is -2.14. The molecule has 2 amide bonds. The number of hydrogen-bond acceptors (Lipinski definition) is 6. The minimum Gasteiger partial charge on any atom is -0.493 e. The number of carbonyl (C=O) groups excluding carboxylic acids is 1. The smallest absolute Gasteiger partial charge is 0.317 e. The van der Waals surface area contributed by atoms with E-state index in [0.29, 0.717) is 31.1 Å². The highest BCUT2D eigenvalue weighted by Crippen LogP contribution is 2.41. The van der Waals surface area contributed by atoms with E-state index in [1.807, 2.05) is 12.1 Å². The molecule has 0 aliphatic carbocycles. The van der Waals surface area contributed by atoms with E-state index < -0.39 is 10.0 Å². The Morgan fingerprint density at radius 1 is 1.22 bits per heavy atom. The van der Waals surface area contributed by atoms with E-state index in [9.17, 15) is 13.2 Å². The average molecular weight is 412 g/mol. The number of rotatable bonds is 8. The van der Waals surface area contributed by atoms with Crippen LogP contribution < -0.4 is 19.5 Å². The SMILES string of the molecule is COc1cccc(-c2ccc(S(=O)(=O)NCCN3CCNC3=O)s2)c1OC. The number of urea groups is 1. The van der Waals surface area contributed by atoms with Gasteiger partial charge in [0.1, 0.15) is 4.21 Å². The van der Waals surface area contributed by atoms with E-state index in [1.54, 1.807) is 37.3 Å². The second kappa shape index (κ2) is 8.15. The van der Waals surface area contributed by atoms with Gasteiger partial charge in [-0.2, -0.15) is 0 Å². The zero-order chi connectivity index (χ0) is 19.4. The highest BCUT2D eigenvalue weighted by Gasteiger charge is 2.22. The molecule has 2 aromatic rings. The number of benzene rings is 1. The third-order valence-electron chi connectivity index (χ3n) is 4.13. The molecule has 2 heterocycles. The highest BCUT2D eigenvalue weighted by atomic mass is 32.2. The van der Waals surface area contributed by atoms with Crippen LogP contribution in [0.3, 0.4) is 0 Å². The fourth-order valence-corrected chi connectivity index (χ4v) is 5.20. The van der Waals surface area contributed by atoms with Gasteiger partial charge in [0.25, 0.3) is 0 Å². The Bertz CT molecular complexity index is 926. The molecule has 27 heavy (non-hydrogen) atoms. The molecule has 0 bridgehead atoms. The van der Waals surface area contributed by atoms with Gasteiger partial charge in [-0.3, -0.25) is 0 Å². The topological polar surface area (TPSA) is 97.0 Å². The summed E-state index contributed by atoms with van der Waals surface area (Å²) < 4.78 is 38.5. The van der Waals surface area contributed by atoms with Gasteiger partial charge in [0.15, 0.2) is 11.5 Å². The van der Waals surface area contributed by atoms with Gasteiger partial charge < -0.3 is 19.7 Å². The number of para-hydroxylation sites is 1. The van der Waals surface area contributed by atoms with E-state index in [-0.39, 0.29) is 16.8 Å². The van der Waals surface area contributed by atoms with Crippen LogP contribution in [0.5, 0.6) is 11.5 Å². The molecular weight excluding hydrogens is 390 g/mol. The first-order chi connectivity index (χ1) is 13.0. The number of hydrogen-bond donors (Lipinski definition) is 2. The van der Waals surface area contributed by atoms with Crippen molar-refractivity contribution >= 4 is 27.4 Å². The zero-order valence-corrected chi connectivity index (χ0v) is 16.7. The van der Waals surface area contributed by atoms with E-state index in [1.165, 1.54) is 0 Å². The van der Waals surface area contributed by atoms with Gasteiger partial charge in [-0.1, -0.05) is 6.07 Å². The molecule has 1 saturated heterocycles. The van der Waals surface area contributed by atoms with E-state index in [2.05, 4.69) is 10.0 Å². The molecule has 1 aliphatic rings. The Hall–Kier alpha value is -2.30. The zero-order valence-electron chi connectivity index (χ0n) is 15.0. The monoisotopic (exact) mass is 411 g/mol. The summed E-state index contributed by atoms with van der Waals surface area (Å²) in [4.78, 5) is 13.8. The molecule has 1 aromatic carbocycles. The van der Waals surface area contributed by atoms with Crippen molar-refractivity contribution in [3.05, 3.63) is 30.3 Å². The maximum Gasteiger partial charge on any atom is 0.317 e. The summed E-state index contributed by atoms with van der Waals surface area (Å²) in [5.74, 6) is 1.13. The van der Waals surface area contributed by atoms with Gasteiger partial charge >= 0.3 is 6.03 Å². The Labute approximate surface area is 162 Å². The van der Waals surface area contributed by atoms with Crippen molar-refractivity contribution in [1.29, 1.82) is 0 Å². The Morgan fingerprint density at radius 2 is 2.04 bits per heavy atom. The van der Waals surface area contributed by atoms with Crippen LogP contribution in [0.4, 0.5) is 4.79 Å². The predicted octanol–water partition coefficient (Wildman–Crippen LogP) is 1.74.